The predicted octanol–water partition coefficient (Wildman–Crippen LogP) is 0.151. The summed E-state index contributed by atoms with van der Waals surface area (Å²) in [5.41, 5.74) is 5.30. The fourth-order valence-electron chi connectivity index (χ4n) is 2.18. The molecule has 20 heavy (non-hydrogen) atoms. The van der Waals surface area contributed by atoms with Crippen molar-refractivity contribution in [3.63, 3.8) is 0 Å². The summed E-state index contributed by atoms with van der Waals surface area (Å²) in [5, 5.41) is 2.69. The van der Waals surface area contributed by atoms with Gasteiger partial charge in [0, 0.05) is 18.9 Å². The van der Waals surface area contributed by atoms with Gasteiger partial charge in [-0.3, -0.25) is 4.57 Å². The lowest BCUT2D eigenvalue weighted by Gasteiger charge is -2.17. The van der Waals surface area contributed by atoms with Gasteiger partial charge in [-0.2, -0.15) is 9.89 Å². The topological polar surface area (TPSA) is 109 Å². The number of aromatic nitrogens is 2. The number of ether oxygens (including phenoxy) is 2. The van der Waals surface area contributed by atoms with Gasteiger partial charge in [-0.25, -0.2) is 9.18 Å². The van der Waals surface area contributed by atoms with E-state index in [0.717, 1.165) is 4.57 Å². The van der Waals surface area contributed by atoms with E-state index in [1.165, 1.54) is 13.3 Å². The molecule has 0 aliphatic carbocycles. The number of nitrogens with zero attached hydrogens (tertiary/aromatic N) is 3. The Hall–Kier alpha value is -1.87. The maximum absolute atomic E-state index is 14.3. The van der Waals surface area contributed by atoms with Crippen molar-refractivity contribution in [1.29, 1.82) is 0 Å². The van der Waals surface area contributed by atoms with Crippen molar-refractivity contribution in [1.82, 2.24) is 9.55 Å². The second-order valence-corrected chi connectivity index (χ2v) is 4.52. The molecule has 8 nitrogen and oxygen atoms in total. The molecule has 110 valence electrons. The Morgan fingerprint density at radius 3 is 2.95 bits per heavy atom. The highest BCUT2D eigenvalue weighted by atomic mass is 19.1. The Balaban J connectivity index is 2.36. The first-order valence-electron chi connectivity index (χ1n) is 5.96. The molecule has 0 spiro atoms. The van der Waals surface area contributed by atoms with Gasteiger partial charge in [0.25, 0.3) is 0 Å². The minimum atomic E-state index is -1.62. The Bertz CT molecular complexity index is 564. The van der Waals surface area contributed by atoms with Crippen LogP contribution >= 0.6 is 0 Å². The largest absolute Gasteiger partial charge is 0.383 e. The summed E-state index contributed by atoms with van der Waals surface area (Å²) < 4.78 is 25.7. The summed E-state index contributed by atoms with van der Waals surface area (Å²) in [6.07, 6.45) is -3.28. The second kappa shape index (κ2) is 5.63. The molecule has 0 amide bonds. The van der Waals surface area contributed by atoms with Crippen molar-refractivity contribution >= 4 is 5.82 Å². The fraction of sp³-hybridized carbons (Fsp3) is 0.636. The average Bonchev–Trinajstić information content (AvgIpc) is 2.71. The van der Waals surface area contributed by atoms with E-state index in [2.05, 4.69) is 10.2 Å². The normalized spacial score (nSPS) is 29.6. The molecule has 1 saturated heterocycles. The molecule has 1 aliphatic rings. The lowest BCUT2D eigenvalue weighted by molar-refractivity contribution is -0.0261. The molecule has 2 heterocycles. The van der Waals surface area contributed by atoms with Crippen molar-refractivity contribution in [2.24, 2.45) is 5.18 Å². The number of methoxy groups -OCH3 is 1. The summed E-state index contributed by atoms with van der Waals surface area (Å²) in [7, 11) is 1.30. The molecule has 0 aromatic carbocycles. The average molecular weight is 286 g/mol. The van der Waals surface area contributed by atoms with Crippen molar-refractivity contribution in [3.05, 3.63) is 27.2 Å². The zero-order chi connectivity index (χ0) is 14.9. The molecule has 1 aromatic heterocycles. The van der Waals surface area contributed by atoms with Gasteiger partial charge in [0.15, 0.2) is 12.4 Å². The molecule has 0 saturated carbocycles. The lowest BCUT2D eigenvalue weighted by Crippen LogP contribution is -2.35. The summed E-state index contributed by atoms with van der Waals surface area (Å²) in [6, 6.07) is 0. The second-order valence-electron chi connectivity index (χ2n) is 4.52. The monoisotopic (exact) mass is 286 g/mol. The third-order valence-corrected chi connectivity index (χ3v) is 3.24. The summed E-state index contributed by atoms with van der Waals surface area (Å²) in [6.45, 7) is 1.38. The number of alkyl halides is 1. The highest BCUT2D eigenvalue weighted by Crippen LogP contribution is 2.33. The number of hydrogen-bond acceptors (Lipinski definition) is 7. The summed E-state index contributed by atoms with van der Waals surface area (Å²) >= 11 is 0. The van der Waals surface area contributed by atoms with E-state index in [4.69, 9.17) is 15.2 Å². The van der Waals surface area contributed by atoms with E-state index < -0.39 is 30.3 Å². The Morgan fingerprint density at radius 1 is 1.65 bits per heavy atom. The molecule has 0 bridgehead atoms. The zero-order valence-electron chi connectivity index (χ0n) is 11.0. The van der Waals surface area contributed by atoms with Crippen LogP contribution in [0.15, 0.2) is 16.2 Å². The molecule has 0 radical (unpaired) electrons. The first kappa shape index (κ1) is 14.5. The van der Waals surface area contributed by atoms with Crippen LogP contribution in [-0.4, -0.2) is 41.6 Å². The van der Waals surface area contributed by atoms with E-state index in [9.17, 15) is 14.1 Å². The molecular weight excluding hydrogens is 271 g/mol. The van der Waals surface area contributed by atoms with E-state index in [1.807, 2.05) is 0 Å². The van der Waals surface area contributed by atoms with Crippen molar-refractivity contribution < 1.29 is 13.9 Å². The quantitative estimate of drug-likeness (QED) is 0.789. The first-order chi connectivity index (χ1) is 9.49. The third kappa shape index (κ3) is 2.41. The van der Waals surface area contributed by atoms with Crippen LogP contribution in [0.4, 0.5) is 10.2 Å². The predicted molar refractivity (Wildman–Crippen MR) is 67.9 cm³/mol. The van der Waals surface area contributed by atoms with Gasteiger partial charge in [-0.15, -0.1) is 0 Å². The number of nitrogen functional groups attached to an aromatic ring is 1. The van der Waals surface area contributed by atoms with Gasteiger partial charge >= 0.3 is 5.69 Å². The Morgan fingerprint density at radius 2 is 2.35 bits per heavy atom. The summed E-state index contributed by atoms with van der Waals surface area (Å²) in [5.74, 6) is 0.0778. The van der Waals surface area contributed by atoms with Crippen LogP contribution < -0.4 is 11.4 Å². The number of hydrogen-bond donors (Lipinski definition) is 1. The van der Waals surface area contributed by atoms with Gasteiger partial charge in [-0.1, -0.05) is 5.18 Å². The van der Waals surface area contributed by atoms with E-state index in [-0.39, 0.29) is 12.4 Å². The van der Waals surface area contributed by atoms with E-state index in [0.29, 0.717) is 5.56 Å². The summed E-state index contributed by atoms with van der Waals surface area (Å²) in [4.78, 5) is 25.7. The molecule has 2 N–H and O–H groups in total. The van der Waals surface area contributed by atoms with Gasteiger partial charge in [0.05, 0.1) is 0 Å². The highest BCUT2D eigenvalue weighted by molar-refractivity contribution is 5.35. The van der Waals surface area contributed by atoms with Crippen LogP contribution in [0.3, 0.4) is 0 Å². The number of nitroso groups, excluding NO2 is 1. The molecule has 2 rings (SSSR count). The lowest BCUT2D eigenvalue weighted by atomic mass is 10.1. The molecule has 9 heteroatoms. The van der Waals surface area contributed by atoms with Gasteiger partial charge in [0.1, 0.15) is 24.6 Å². The number of halogens is 1. The minimum Gasteiger partial charge on any atom is -0.383 e. The number of nitrogens with two attached hydrogens (primary N) is 1. The SMILES string of the molecule is COC1C(CN=O)OC(n2cc(C)c(N)nc2=O)C1F. The van der Waals surface area contributed by atoms with Crippen molar-refractivity contribution in [2.75, 3.05) is 19.4 Å². The molecule has 4 unspecified atom stereocenters. The molecule has 4 atom stereocenters. The zero-order valence-corrected chi connectivity index (χ0v) is 11.0. The van der Waals surface area contributed by atoms with Crippen LogP contribution in [0.2, 0.25) is 0 Å². The first-order valence-corrected chi connectivity index (χ1v) is 5.96. The maximum atomic E-state index is 14.3. The van der Waals surface area contributed by atoms with Crippen LogP contribution in [-0.2, 0) is 9.47 Å². The maximum Gasteiger partial charge on any atom is 0.351 e. The molecular formula is C11H15FN4O4. The fourth-order valence-corrected chi connectivity index (χ4v) is 2.18. The Labute approximate surface area is 113 Å². The standard InChI is InChI=1S/C11H15FN4O4/c1-5-4-16(11(17)15-9(5)13)10-7(12)8(19-2)6(20-10)3-14-18/h4,6-8,10H,3H2,1-2H3,(H2,13,15,17). The van der Waals surface area contributed by atoms with Gasteiger partial charge in [0.2, 0.25) is 0 Å². The number of aryl methyl sites for hydroxylation is 1. The van der Waals surface area contributed by atoms with Gasteiger partial charge < -0.3 is 15.2 Å². The molecule has 1 aromatic rings. The van der Waals surface area contributed by atoms with Crippen LogP contribution in [0, 0.1) is 11.8 Å². The van der Waals surface area contributed by atoms with Crippen molar-refractivity contribution in [3.8, 4) is 0 Å². The van der Waals surface area contributed by atoms with E-state index in [1.54, 1.807) is 6.92 Å². The number of rotatable bonds is 4. The third-order valence-electron chi connectivity index (χ3n) is 3.24. The van der Waals surface area contributed by atoms with Crippen LogP contribution in [0.25, 0.3) is 0 Å². The molecule has 1 aliphatic heterocycles. The highest BCUT2D eigenvalue weighted by Gasteiger charge is 2.47. The Kier molecular flexibility index (Phi) is 4.09. The minimum absolute atomic E-state index is 0.0778. The van der Waals surface area contributed by atoms with Crippen LogP contribution in [0.5, 0.6) is 0 Å². The van der Waals surface area contributed by atoms with Crippen molar-refractivity contribution in [2.45, 2.75) is 31.5 Å². The van der Waals surface area contributed by atoms with Crippen LogP contribution in [0.1, 0.15) is 11.8 Å². The smallest absolute Gasteiger partial charge is 0.351 e. The molecule has 1 fully saturated rings. The van der Waals surface area contributed by atoms with E-state index >= 15 is 0 Å². The van der Waals surface area contributed by atoms with Gasteiger partial charge in [-0.05, 0) is 6.92 Å². The number of anilines is 1.